The Kier molecular flexibility index (Phi) is 6.65. The molecule has 31 heavy (non-hydrogen) atoms. The Morgan fingerprint density at radius 1 is 1.19 bits per heavy atom. The molecule has 0 bridgehead atoms. The molecule has 4 rings (SSSR count). The zero-order valence-corrected chi connectivity index (χ0v) is 18.2. The van der Waals surface area contributed by atoms with E-state index < -0.39 is 0 Å². The SMILES string of the molecule is CCOc1ccc(CC(=O)N2CCCC(Cc3nc(-c4ccccc4C)no3)C2)cc1. The summed E-state index contributed by atoms with van der Waals surface area (Å²) in [5.74, 6) is 2.61. The lowest BCUT2D eigenvalue weighted by Crippen LogP contribution is -2.41. The molecule has 1 amide bonds. The summed E-state index contributed by atoms with van der Waals surface area (Å²) in [6, 6.07) is 15.8. The number of ether oxygens (including phenoxy) is 1. The maximum absolute atomic E-state index is 12.8. The Labute approximate surface area is 183 Å². The van der Waals surface area contributed by atoms with E-state index in [-0.39, 0.29) is 5.91 Å². The zero-order chi connectivity index (χ0) is 21.6. The average Bonchev–Trinajstić information content (AvgIpc) is 3.24. The summed E-state index contributed by atoms with van der Waals surface area (Å²) in [6.45, 7) is 6.19. The van der Waals surface area contributed by atoms with Crippen LogP contribution < -0.4 is 4.74 Å². The number of rotatable bonds is 7. The van der Waals surface area contributed by atoms with E-state index in [2.05, 4.69) is 10.1 Å². The third-order valence-corrected chi connectivity index (χ3v) is 5.78. The van der Waals surface area contributed by atoms with Gasteiger partial charge in [-0.3, -0.25) is 4.79 Å². The van der Waals surface area contributed by atoms with Crippen LogP contribution in [0, 0.1) is 12.8 Å². The normalized spacial score (nSPS) is 16.3. The Morgan fingerprint density at radius 2 is 2.00 bits per heavy atom. The van der Waals surface area contributed by atoms with Gasteiger partial charge in [-0.1, -0.05) is 41.6 Å². The number of carbonyl (C=O) groups excluding carboxylic acids is 1. The molecular weight excluding hydrogens is 390 g/mol. The third kappa shape index (κ3) is 5.32. The van der Waals surface area contributed by atoms with Crippen molar-refractivity contribution in [2.45, 2.75) is 39.5 Å². The Bertz CT molecular complexity index is 1010. The lowest BCUT2D eigenvalue weighted by Gasteiger charge is -2.32. The van der Waals surface area contributed by atoms with Crippen LogP contribution in [0.5, 0.6) is 5.75 Å². The maximum atomic E-state index is 12.8. The number of amides is 1. The van der Waals surface area contributed by atoms with Crippen molar-refractivity contribution in [1.29, 1.82) is 0 Å². The summed E-state index contributed by atoms with van der Waals surface area (Å²) in [4.78, 5) is 19.4. The quantitative estimate of drug-likeness (QED) is 0.565. The molecule has 2 heterocycles. The molecular formula is C25H29N3O3. The number of aryl methyl sites for hydroxylation is 1. The first-order chi connectivity index (χ1) is 15.1. The molecule has 1 saturated heterocycles. The molecule has 3 aromatic rings. The fourth-order valence-corrected chi connectivity index (χ4v) is 4.13. The average molecular weight is 420 g/mol. The van der Waals surface area contributed by atoms with Gasteiger partial charge in [-0.05, 0) is 55.9 Å². The monoisotopic (exact) mass is 419 g/mol. The molecule has 1 aliphatic heterocycles. The zero-order valence-electron chi connectivity index (χ0n) is 18.2. The van der Waals surface area contributed by atoms with Crippen molar-refractivity contribution in [3.8, 4) is 17.1 Å². The van der Waals surface area contributed by atoms with Gasteiger partial charge in [0.1, 0.15) is 5.75 Å². The molecule has 0 saturated carbocycles. The molecule has 0 radical (unpaired) electrons. The van der Waals surface area contributed by atoms with E-state index in [0.717, 1.165) is 48.4 Å². The van der Waals surface area contributed by atoms with E-state index in [1.54, 1.807) is 0 Å². The number of piperidine rings is 1. The van der Waals surface area contributed by atoms with Gasteiger partial charge in [0, 0.05) is 25.1 Å². The minimum atomic E-state index is 0.167. The van der Waals surface area contributed by atoms with Crippen molar-refractivity contribution in [3.63, 3.8) is 0 Å². The van der Waals surface area contributed by atoms with Crippen LogP contribution in [0.15, 0.2) is 53.1 Å². The Morgan fingerprint density at radius 3 is 2.77 bits per heavy atom. The Balaban J connectivity index is 1.34. The van der Waals surface area contributed by atoms with E-state index in [1.807, 2.05) is 67.3 Å². The topological polar surface area (TPSA) is 68.5 Å². The van der Waals surface area contributed by atoms with Crippen molar-refractivity contribution in [3.05, 3.63) is 65.5 Å². The van der Waals surface area contributed by atoms with Crippen LogP contribution in [-0.4, -0.2) is 40.6 Å². The number of nitrogens with zero attached hydrogens (tertiary/aromatic N) is 3. The van der Waals surface area contributed by atoms with Gasteiger partial charge < -0.3 is 14.2 Å². The number of hydrogen-bond acceptors (Lipinski definition) is 5. The second-order valence-corrected chi connectivity index (χ2v) is 8.13. The number of aromatic nitrogens is 2. The van der Waals surface area contributed by atoms with Crippen LogP contribution in [0.4, 0.5) is 0 Å². The van der Waals surface area contributed by atoms with Gasteiger partial charge in [0.25, 0.3) is 0 Å². The van der Waals surface area contributed by atoms with E-state index in [0.29, 0.717) is 37.1 Å². The van der Waals surface area contributed by atoms with Gasteiger partial charge in [0.15, 0.2) is 0 Å². The van der Waals surface area contributed by atoms with Gasteiger partial charge >= 0.3 is 0 Å². The van der Waals surface area contributed by atoms with Crippen molar-refractivity contribution in [2.75, 3.05) is 19.7 Å². The minimum absolute atomic E-state index is 0.167. The number of carbonyl (C=O) groups is 1. The molecule has 1 unspecified atom stereocenters. The van der Waals surface area contributed by atoms with Crippen LogP contribution in [0.2, 0.25) is 0 Å². The standard InChI is InChI=1S/C25H29N3O3/c1-3-30-21-12-10-19(11-13-21)16-24(29)28-14-6-8-20(17-28)15-23-26-25(27-31-23)22-9-5-4-7-18(22)2/h4-5,7,9-13,20H,3,6,8,14-17H2,1-2H3. The summed E-state index contributed by atoms with van der Waals surface area (Å²) in [5.41, 5.74) is 3.13. The van der Waals surface area contributed by atoms with Crippen LogP contribution in [0.3, 0.4) is 0 Å². The predicted octanol–water partition coefficient (Wildman–Crippen LogP) is 4.47. The highest BCUT2D eigenvalue weighted by Crippen LogP contribution is 2.24. The molecule has 1 fully saturated rings. The van der Waals surface area contributed by atoms with Crippen molar-refractivity contribution in [1.82, 2.24) is 15.0 Å². The largest absolute Gasteiger partial charge is 0.494 e. The summed E-state index contributed by atoms with van der Waals surface area (Å²) in [7, 11) is 0. The lowest BCUT2D eigenvalue weighted by atomic mass is 9.94. The lowest BCUT2D eigenvalue weighted by molar-refractivity contribution is -0.132. The first-order valence-corrected chi connectivity index (χ1v) is 11.0. The third-order valence-electron chi connectivity index (χ3n) is 5.78. The second kappa shape index (κ2) is 9.77. The fraction of sp³-hybridized carbons (Fsp3) is 0.400. The first kappa shape index (κ1) is 21.1. The van der Waals surface area contributed by atoms with E-state index in [9.17, 15) is 4.79 Å². The number of hydrogen-bond donors (Lipinski definition) is 0. The van der Waals surface area contributed by atoms with E-state index in [1.165, 1.54) is 0 Å². The van der Waals surface area contributed by atoms with E-state index in [4.69, 9.17) is 9.26 Å². The van der Waals surface area contributed by atoms with Gasteiger partial charge in [-0.2, -0.15) is 4.98 Å². The van der Waals surface area contributed by atoms with Gasteiger partial charge in [0.05, 0.1) is 13.0 Å². The smallest absolute Gasteiger partial charge is 0.227 e. The highest BCUT2D eigenvalue weighted by atomic mass is 16.5. The summed E-state index contributed by atoms with van der Waals surface area (Å²) in [5, 5.41) is 4.17. The van der Waals surface area contributed by atoms with Crippen LogP contribution in [0.1, 0.15) is 36.8 Å². The molecule has 6 nitrogen and oxygen atoms in total. The summed E-state index contributed by atoms with van der Waals surface area (Å²) in [6.07, 6.45) is 3.18. The molecule has 0 spiro atoms. The highest BCUT2D eigenvalue weighted by molar-refractivity contribution is 5.79. The second-order valence-electron chi connectivity index (χ2n) is 8.13. The molecule has 162 valence electrons. The van der Waals surface area contributed by atoms with Crippen molar-refractivity contribution in [2.24, 2.45) is 5.92 Å². The number of likely N-dealkylation sites (tertiary alicyclic amines) is 1. The molecule has 6 heteroatoms. The Hall–Kier alpha value is -3.15. The van der Waals surface area contributed by atoms with Gasteiger partial charge in [-0.25, -0.2) is 0 Å². The predicted molar refractivity (Wildman–Crippen MR) is 119 cm³/mol. The van der Waals surface area contributed by atoms with Gasteiger partial charge in [-0.15, -0.1) is 0 Å². The molecule has 2 aromatic carbocycles. The summed E-state index contributed by atoms with van der Waals surface area (Å²) >= 11 is 0. The maximum Gasteiger partial charge on any atom is 0.227 e. The fourth-order valence-electron chi connectivity index (χ4n) is 4.13. The molecule has 1 atom stereocenters. The van der Waals surface area contributed by atoms with Gasteiger partial charge in [0.2, 0.25) is 17.6 Å². The van der Waals surface area contributed by atoms with Crippen LogP contribution >= 0.6 is 0 Å². The highest BCUT2D eigenvalue weighted by Gasteiger charge is 2.25. The van der Waals surface area contributed by atoms with Crippen molar-refractivity contribution >= 4 is 5.91 Å². The molecule has 1 aliphatic rings. The molecule has 1 aromatic heterocycles. The van der Waals surface area contributed by atoms with E-state index >= 15 is 0 Å². The van der Waals surface area contributed by atoms with Crippen LogP contribution in [-0.2, 0) is 17.6 Å². The molecule has 0 aliphatic carbocycles. The van der Waals surface area contributed by atoms with Crippen LogP contribution in [0.25, 0.3) is 11.4 Å². The molecule has 0 N–H and O–H groups in total. The minimum Gasteiger partial charge on any atom is -0.494 e. The number of benzene rings is 2. The first-order valence-electron chi connectivity index (χ1n) is 11.0. The van der Waals surface area contributed by atoms with Crippen molar-refractivity contribution < 1.29 is 14.1 Å². The summed E-state index contributed by atoms with van der Waals surface area (Å²) < 4.78 is 11.0.